The highest BCUT2D eigenvalue weighted by Gasteiger charge is 2.12. The van der Waals surface area contributed by atoms with E-state index in [9.17, 15) is 9.59 Å². The Morgan fingerprint density at radius 2 is 1.39 bits per heavy atom. The van der Waals surface area contributed by atoms with E-state index in [0.717, 1.165) is 24.9 Å². The van der Waals surface area contributed by atoms with Crippen molar-refractivity contribution in [3.63, 3.8) is 0 Å². The highest BCUT2D eigenvalue weighted by Crippen LogP contribution is 2.24. The number of hydrogen-bond acceptors (Lipinski definition) is 4. The third-order valence-corrected chi connectivity index (χ3v) is 8.15. The fourth-order valence-electron chi connectivity index (χ4n) is 4.86. The Kier molecular flexibility index (Phi) is 14.4. The van der Waals surface area contributed by atoms with E-state index >= 15 is 0 Å². The largest absolute Gasteiger partial charge is 0.493 e. The third kappa shape index (κ3) is 12.1. The van der Waals surface area contributed by atoms with E-state index in [1.807, 2.05) is 24.3 Å². The fraction of sp³-hybridized carbons (Fsp3) is 0.500. The Morgan fingerprint density at radius 3 is 1.98 bits per heavy atom. The highest BCUT2D eigenvalue weighted by molar-refractivity contribution is 7.09. The molecule has 3 rings (SSSR count). The normalized spacial score (nSPS) is 10.9. The van der Waals surface area contributed by atoms with Crippen molar-refractivity contribution < 1.29 is 18.9 Å². The molecule has 0 aliphatic heterocycles. The molecule has 2 N–H and O–H groups in total. The molecule has 7 heteroatoms. The first kappa shape index (κ1) is 32.3. The molecule has 0 unspecified atom stereocenters. The van der Waals surface area contributed by atoms with Crippen LogP contribution in [0.5, 0.6) is 5.75 Å². The van der Waals surface area contributed by atoms with Gasteiger partial charge in [0.05, 0.1) is 17.6 Å². The lowest BCUT2D eigenvalue weighted by molar-refractivity contribution is -0.689. The minimum Gasteiger partial charge on any atom is -0.493 e. The van der Waals surface area contributed by atoms with Gasteiger partial charge in [-0.05, 0) is 43.7 Å². The van der Waals surface area contributed by atoms with Crippen LogP contribution in [0.25, 0.3) is 0 Å². The molecule has 2 aromatic carbocycles. The second-order valence-electron chi connectivity index (χ2n) is 10.8. The fourth-order valence-corrected chi connectivity index (χ4v) is 5.52. The molecule has 0 saturated heterocycles. The molecule has 6 nitrogen and oxygen atoms in total. The monoisotopic (exact) mass is 578 g/mol. The van der Waals surface area contributed by atoms with Crippen molar-refractivity contribution in [1.29, 1.82) is 0 Å². The molecule has 0 atom stereocenters. The summed E-state index contributed by atoms with van der Waals surface area (Å²) in [6.07, 6.45) is 17.6. The number of benzene rings is 2. The number of carbonyl (C=O) groups is 2. The van der Waals surface area contributed by atoms with Gasteiger partial charge in [0, 0.05) is 23.9 Å². The second kappa shape index (κ2) is 18.3. The summed E-state index contributed by atoms with van der Waals surface area (Å²) in [7, 11) is 0. The van der Waals surface area contributed by atoms with Crippen molar-refractivity contribution in [2.24, 2.45) is 0 Å². The molecule has 1 heterocycles. The predicted molar refractivity (Wildman–Crippen MR) is 170 cm³/mol. The lowest BCUT2D eigenvalue weighted by Gasteiger charge is -2.13. The number of nitrogens with one attached hydrogen (secondary N) is 2. The minimum atomic E-state index is -0.361. The maximum absolute atomic E-state index is 12.6. The van der Waals surface area contributed by atoms with E-state index in [-0.39, 0.29) is 11.8 Å². The van der Waals surface area contributed by atoms with Gasteiger partial charge in [0.25, 0.3) is 0 Å². The molecule has 0 bridgehead atoms. The number of aryl methyl sites for hydroxylation is 1. The summed E-state index contributed by atoms with van der Waals surface area (Å²) in [4.78, 5) is 24.9. The third-order valence-electron chi connectivity index (χ3n) is 7.32. The number of anilines is 2. The van der Waals surface area contributed by atoms with E-state index in [4.69, 9.17) is 4.74 Å². The molecular weight excluding hydrogens is 530 g/mol. The first-order valence-electron chi connectivity index (χ1n) is 15.3. The number of carbonyl (C=O) groups excluding carboxylic acids is 2. The lowest BCUT2D eigenvalue weighted by atomic mass is 10.1. The standard InChI is InChI=1S/C34H47N3O3S/c1-4-5-6-7-8-9-10-11-12-13-14-15-23-40-33-21-20-31(25-32(33)27(2)38)36-34(39)35-30-18-16-29(17-19-30)26-37-22-24-41-28(37)3/h16-22,24-25H,4-15,23,26H2,1-3H3,(H-,35,36,39)/p+1. The summed E-state index contributed by atoms with van der Waals surface area (Å²) < 4.78 is 8.14. The van der Waals surface area contributed by atoms with Crippen molar-refractivity contribution in [2.75, 3.05) is 17.2 Å². The number of nitrogens with zero attached hydrogens (tertiary/aromatic N) is 1. The summed E-state index contributed by atoms with van der Waals surface area (Å²) in [5.74, 6) is 0.480. The first-order valence-corrected chi connectivity index (χ1v) is 16.2. The van der Waals surface area contributed by atoms with Crippen LogP contribution in [0.15, 0.2) is 54.0 Å². The Labute approximate surface area is 250 Å². The topological polar surface area (TPSA) is 71.3 Å². The minimum absolute atomic E-state index is 0.0898. The number of Topliss-reactive ketones (excluding diaryl/α,β-unsaturated/α-hetero) is 1. The van der Waals surface area contributed by atoms with Gasteiger partial charge in [-0.25, -0.2) is 4.79 Å². The van der Waals surface area contributed by atoms with Crippen LogP contribution < -0.4 is 19.9 Å². The zero-order chi connectivity index (χ0) is 29.3. The van der Waals surface area contributed by atoms with Gasteiger partial charge in [0.2, 0.25) is 5.01 Å². The number of thiazole rings is 1. The van der Waals surface area contributed by atoms with Gasteiger partial charge < -0.3 is 15.4 Å². The predicted octanol–water partition coefficient (Wildman–Crippen LogP) is 9.32. The average molecular weight is 579 g/mol. The summed E-state index contributed by atoms with van der Waals surface area (Å²) in [5.41, 5.74) is 2.89. The number of aromatic nitrogens is 1. The molecule has 0 saturated carbocycles. The maximum atomic E-state index is 12.6. The van der Waals surface area contributed by atoms with Crippen molar-refractivity contribution >= 4 is 34.5 Å². The molecule has 3 aromatic rings. The number of unbranched alkanes of at least 4 members (excludes halogenated alkanes) is 11. The Balaban J connectivity index is 1.36. The number of ether oxygens (including phenoxy) is 1. The van der Waals surface area contributed by atoms with Crippen LogP contribution >= 0.6 is 11.3 Å². The molecule has 2 amide bonds. The molecule has 0 spiro atoms. The van der Waals surface area contributed by atoms with Crippen LogP contribution in [0, 0.1) is 6.92 Å². The Morgan fingerprint density at radius 1 is 0.805 bits per heavy atom. The molecular formula is C34H48N3O3S+. The van der Waals surface area contributed by atoms with Crippen molar-refractivity contribution in [1.82, 2.24) is 0 Å². The Bertz CT molecular complexity index is 1210. The van der Waals surface area contributed by atoms with Crippen LogP contribution in [0.4, 0.5) is 16.2 Å². The molecule has 222 valence electrons. The number of amides is 2. The lowest BCUT2D eigenvalue weighted by Crippen LogP contribution is -2.34. The number of ketones is 1. The van der Waals surface area contributed by atoms with Crippen molar-refractivity contribution in [2.45, 2.75) is 104 Å². The van der Waals surface area contributed by atoms with E-state index in [0.29, 0.717) is 29.3 Å². The van der Waals surface area contributed by atoms with E-state index in [2.05, 4.69) is 40.6 Å². The van der Waals surface area contributed by atoms with E-state index in [1.54, 1.807) is 29.5 Å². The number of rotatable bonds is 19. The van der Waals surface area contributed by atoms with Gasteiger partial charge in [-0.2, -0.15) is 4.57 Å². The van der Waals surface area contributed by atoms with Crippen LogP contribution in [-0.2, 0) is 6.54 Å². The van der Waals surface area contributed by atoms with Gasteiger partial charge in [-0.3, -0.25) is 4.79 Å². The quantitative estimate of drug-likeness (QED) is 0.0846. The SMILES string of the molecule is CCCCCCCCCCCCCCOc1ccc(NC(=O)Nc2ccc(C[n+]3ccsc3C)cc2)cc1C(C)=O. The summed E-state index contributed by atoms with van der Waals surface area (Å²) in [6.45, 7) is 7.27. The zero-order valence-electron chi connectivity index (χ0n) is 25.2. The number of hydrogen-bond donors (Lipinski definition) is 2. The maximum Gasteiger partial charge on any atom is 0.323 e. The molecule has 0 fully saturated rings. The Hall–Kier alpha value is -3.19. The zero-order valence-corrected chi connectivity index (χ0v) is 26.0. The van der Waals surface area contributed by atoms with Gasteiger partial charge in [-0.1, -0.05) is 101 Å². The molecule has 0 aliphatic rings. The molecule has 0 aliphatic carbocycles. The van der Waals surface area contributed by atoms with Crippen molar-refractivity contribution in [3.05, 3.63) is 70.2 Å². The van der Waals surface area contributed by atoms with Gasteiger partial charge >= 0.3 is 6.03 Å². The molecule has 0 radical (unpaired) electrons. The van der Waals surface area contributed by atoms with Crippen LogP contribution in [0.1, 0.15) is 112 Å². The average Bonchev–Trinajstić information content (AvgIpc) is 3.36. The van der Waals surface area contributed by atoms with Crippen LogP contribution in [-0.4, -0.2) is 18.4 Å². The van der Waals surface area contributed by atoms with E-state index < -0.39 is 0 Å². The van der Waals surface area contributed by atoms with Crippen LogP contribution in [0.2, 0.25) is 0 Å². The second-order valence-corrected chi connectivity index (χ2v) is 11.9. The molecule has 41 heavy (non-hydrogen) atoms. The highest BCUT2D eigenvalue weighted by atomic mass is 32.1. The molecule has 1 aromatic heterocycles. The van der Waals surface area contributed by atoms with Gasteiger partial charge in [0.15, 0.2) is 18.5 Å². The van der Waals surface area contributed by atoms with E-state index in [1.165, 1.54) is 76.1 Å². The summed E-state index contributed by atoms with van der Waals surface area (Å²) in [6, 6.07) is 12.7. The first-order chi connectivity index (χ1) is 20.0. The summed E-state index contributed by atoms with van der Waals surface area (Å²) >= 11 is 1.72. The summed E-state index contributed by atoms with van der Waals surface area (Å²) in [5, 5.41) is 9.01. The van der Waals surface area contributed by atoms with Crippen molar-refractivity contribution in [3.8, 4) is 5.75 Å². The van der Waals surface area contributed by atoms with Crippen LogP contribution in [0.3, 0.4) is 0 Å². The van der Waals surface area contributed by atoms with Gasteiger partial charge in [0.1, 0.15) is 5.75 Å². The van der Waals surface area contributed by atoms with Gasteiger partial charge in [-0.15, -0.1) is 0 Å². The smallest absolute Gasteiger partial charge is 0.323 e. The number of urea groups is 1.